The fourth-order valence-electron chi connectivity index (χ4n) is 2.28. The molecule has 0 saturated carbocycles. The molecule has 0 amide bonds. The lowest BCUT2D eigenvalue weighted by molar-refractivity contribution is -0.140. The van der Waals surface area contributed by atoms with E-state index in [9.17, 15) is 14.7 Å². The van der Waals surface area contributed by atoms with Gasteiger partial charge in [-0.05, 0) is 6.42 Å². The Balaban J connectivity index is 2.23. The topological polar surface area (TPSA) is 130 Å². The molecular weight excluding hydrogens is 356 g/mol. The van der Waals surface area contributed by atoms with Crippen LogP contribution in [0.5, 0.6) is 0 Å². The number of carbonyl (C=O) groups is 2. The number of nitrogens with two attached hydrogens (primary N) is 1. The maximum atomic E-state index is 11.6. The number of hydrogen-bond acceptors (Lipinski definition) is 7. The Morgan fingerprint density at radius 1 is 1.35 bits per heavy atom. The van der Waals surface area contributed by atoms with Crippen LogP contribution in [-0.2, 0) is 9.53 Å². The van der Waals surface area contributed by atoms with Gasteiger partial charge in [0.1, 0.15) is 10.7 Å². The second kappa shape index (κ2) is 8.43. The van der Waals surface area contributed by atoms with Crippen molar-refractivity contribution in [1.29, 1.82) is 5.41 Å². The molecule has 0 radical (unpaired) electrons. The third-order valence-corrected chi connectivity index (χ3v) is 4.87. The van der Waals surface area contributed by atoms with Crippen molar-refractivity contribution in [2.24, 2.45) is 5.73 Å². The highest BCUT2D eigenvalue weighted by atomic mass is 32.1. The van der Waals surface area contributed by atoms with Crippen molar-refractivity contribution in [2.75, 3.05) is 25.6 Å². The maximum absolute atomic E-state index is 11.6. The van der Waals surface area contributed by atoms with Crippen molar-refractivity contribution in [3.63, 3.8) is 0 Å². The molecule has 0 spiro atoms. The first-order valence-corrected chi connectivity index (χ1v) is 8.62. The molecule has 0 bridgehead atoms. The minimum absolute atomic E-state index is 0.0562. The average molecular weight is 376 g/mol. The van der Waals surface area contributed by atoms with Gasteiger partial charge in [0.15, 0.2) is 5.13 Å². The third-order valence-electron chi connectivity index (χ3n) is 3.71. The van der Waals surface area contributed by atoms with Crippen LogP contribution in [0.1, 0.15) is 28.1 Å². The number of ether oxygens (including phenoxy) is 1. The predicted molar refractivity (Wildman–Crippen MR) is 100 cm³/mol. The summed E-state index contributed by atoms with van der Waals surface area (Å²) >= 11 is 1.08. The number of benzene rings is 1. The van der Waals surface area contributed by atoms with E-state index in [0.29, 0.717) is 34.9 Å². The molecule has 0 atom stereocenters. The average Bonchev–Trinajstić information content (AvgIpc) is 3.07. The number of anilines is 1. The van der Waals surface area contributed by atoms with Gasteiger partial charge in [0.2, 0.25) is 0 Å². The summed E-state index contributed by atoms with van der Waals surface area (Å²) in [6.45, 7) is 0.546. The monoisotopic (exact) mass is 376 g/mol. The first-order chi connectivity index (χ1) is 12.3. The second-order valence-electron chi connectivity index (χ2n) is 5.57. The largest absolute Gasteiger partial charge is 0.477 e. The molecule has 0 fully saturated rings. The number of esters is 1. The Kier molecular flexibility index (Phi) is 6.29. The number of amidine groups is 1. The molecular formula is C17H20N4O4S. The number of aromatic nitrogens is 1. The van der Waals surface area contributed by atoms with Crippen LogP contribution in [0.15, 0.2) is 24.3 Å². The van der Waals surface area contributed by atoms with Gasteiger partial charge < -0.3 is 20.5 Å². The van der Waals surface area contributed by atoms with Crippen LogP contribution in [-0.4, -0.2) is 48.6 Å². The maximum Gasteiger partial charge on any atom is 0.348 e. The lowest BCUT2D eigenvalue weighted by Gasteiger charge is -2.14. The smallest absolute Gasteiger partial charge is 0.348 e. The molecule has 0 aliphatic carbocycles. The number of aromatic carboxylic acids is 1. The number of carboxylic acid groups (broad SMARTS) is 1. The second-order valence-corrected chi connectivity index (χ2v) is 6.55. The molecule has 26 heavy (non-hydrogen) atoms. The Bertz CT molecular complexity index is 817. The quantitative estimate of drug-likeness (QED) is 0.366. The number of hydrogen-bond donors (Lipinski definition) is 3. The van der Waals surface area contributed by atoms with E-state index in [1.165, 1.54) is 7.11 Å². The molecule has 0 saturated heterocycles. The molecule has 4 N–H and O–H groups in total. The van der Waals surface area contributed by atoms with Crippen LogP contribution in [0, 0.1) is 5.41 Å². The minimum atomic E-state index is -1.05. The number of methoxy groups -OCH3 is 1. The van der Waals surface area contributed by atoms with Crippen LogP contribution in [0.25, 0.3) is 11.3 Å². The van der Waals surface area contributed by atoms with E-state index < -0.39 is 5.97 Å². The lowest BCUT2D eigenvalue weighted by Crippen LogP contribution is -2.19. The van der Waals surface area contributed by atoms with E-state index in [1.807, 2.05) is 4.90 Å². The van der Waals surface area contributed by atoms with Crippen molar-refractivity contribution in [1.82, 2.24) is 4.98 Å². The molecule has 8 nitrogen and oxygen atoms in total. The summed E-state index contributed by atoms with van der Waals surface area (Å²) in [6.07, 6.45) is 0.866. The molecule has 0 aliphatic heterocycles. The highest BCUT2D eigenvalue weighted by molar-refractivity contribution is 7.17. The van der Waals surface area contributed by atoms with Gasteiger partial charge in [-0.25, -0.2) is 9.78 Å². The fraction of sp³-hybridized carbons (Fsp3) is 0.294. The van der Waals surface area contributed by atoms with E-state index in [4.69, 9.17) is 11.1 Å². The summed E-state index contributed by atoms with van der Waals surface area (Å²) in [6, 6.07) is 6.70. The summed E-state index contributed by atoms with van der Waals surface area (Å²) < 4.78 is 4.60. The zero-order valence-electron chi connectivity index (χ0n) is 14.5. The molecule has 2 aromatic rings. The van der Waals surface area contributed by atoms with Crippen molar-refractivity contribution in [2.45, 2.75) is 12.8 Å². The van der Waals surface area contributed by atoms with Crippen molar-refractivity contribution < 1.29 is 19.4 Å². The number of nitrogens with zero attached hydrogens (tertiary/aromatic N) is 2. The third kappa shape index (κ3) is 4.57. The normalized spacial score (nSPS) is 10.4. The molecule has 1 aromatic heterocycles. The van der Waals surface area contributed by atoms with Crippen molar-refractivity contribution in [3.8, 4) is 11.3 Å². The molecule has 0 aliphatic rings. The van der Waals surface area contributed by atoms with Gasteiger partial charge in [-0.15, -0.1) is 0 Å². The number of carboxylic acids is 1. The highest BCUT2D eigenvalue weighted by Gasteiger charge is 2.20. The molecule has 1 aromatic carbocycles. The van der Waals surface area contributed by atoms with Crippen molar-refractivity contribution >= 4 is 34.2 Å². The van der Waals surface area contributed by atoms with Gasteiger partial charge in [0.05, 0.1) is 12.8 Å². The van der Waals surface area contributed by atoms with Crippen LogP contribution >= 0.6 is 11.3 Å². The molecule has 2 rings (SSSR count). The predicted octanol–water partition coefficient (Wildman–Crippen LogP) is 2.18. The summed E-state index contributed by atoms with van der Waals surface area (Å²) in [7, 11) is 3.14. The SMILES string of the molecule is COC(=O)CCCN(C)c1nc(-c2ccc(C(=N)N)cc2)c(C(=O)O)s1. The number of nitrogen functional groups attached to an aromatic ring is 1. The summed E-state index contributed by atoms with van der Waals surface area (Å²) in [5.41, 5.74) is 7.00. The summed E-state index contributed by atoms with van der Waals surface area (Å²) in [5.74, 6) is -1.39. The van der Waals surface area contributed by atoms with Gasteiger partial charge in [-0.2, -0.15) is 0 Å². The summed E-state index contributed by atoms with van der Waals surface area (Å²) in [4.78, 5) is 29.2. The lowest BCUT2D eigenvalue weighted by atomic mass is 10.1. The van der Waals surface area contributed by atoms with E-state index in [0.717, 1.165) is 11.3 Å². The molecule has 138 valence electrons. The van der Waals surface area contributed by atoms with Crippen LogP contribution < -0.4 is 10.6 Å². The van der Waals surface area contributed by atoms with Gasteiger partial charge in [0, 0.05) is 31.1 Å². The first-order valence-electron chi connectivity index (χ1n) is 7.80. The van der Waals surface area contributed by atoms with Crippen LogP contribution in [0.3, 0.4) is 0 Å². The van der Waals surface area contributed by atoms with Crippen molar-refractivity contribution in [3.05, 3.63) is 34.7 Å². The number of nitrogens with one attached hydrogen (secondary N) is 1. The van der Waals surface area contributed by atoms with Gasteiger partial charge in [-0.1, -0.05) is 35.6 Å². The van der Waals surface area contributed by atoms with E-state index in [-0.39, 0.29) is 23.1 Å². The zero-order valence-corrected chi connectivity index (χ0v) is 15.3. The van der Waals surface area contributed by atoms with Crippen LogP contribution in [0.4, 0.5) is 5.13 Å². The standard InChI is InChI=1S/C17H20N4O4S/c1-21(9-3-4-12(22)25-2)17-20-13(14(26-17)16(23)24)10-5-7-11(8-6-10)15(18)19/h5-8H,3-4,9H2,1-2H3,(H3,18,19)(H,23,24). The minimum Gasteiger partial charge on any atom is -0.477 e. The fourth-order valence-corrected chi connectivity index (χ4v) is 3.19. The van der Waals surface area contributed by atoms with Gasteiger partial charge >= 0.3 is 11.9 Å². The van der Waals surface area contributed by atoms with Gasteiger partial charge in [0.25, 0.3) is 0 Å². The Morgan fingerprint density at radius 3 is 2.54 bits per heavy atom. The van der Waals surface area contributed by atoms with Gasteiger partial charge in [-0.3, -0.25) is 10.2 Å². The van der Waals surface area contributed by atoms with Crippen LogP contribution in [0.2, 0.25) is 0 Å². The van der Waals surface area contributed by atoms with E-state index in [2.05, 4.69) is 9.72 Å². The summed E-state index contributed by atoms with van der Waals surface area (Å²) in [5, 5.41) is 17.5. The number of rotatable bonds is 8. The first kappa shape index (κ1) is 19.4. The molecule has 1 heterocycles. The zero-order chi connectivity index (χ0) is 19.3. The number of carbonyl (C=O) groups excluding carboxylic acids is 1. The Labute approximate surface area is 154 Å². The molecule has 9 heteroatoms. The number of thiazole rings is 1. The Morgan fingerprint density at radius 2 is 2.00 bits per heavy atom. The Hall–Kier alpha value is -2.94. The molecule has 0 unspecified atom stereocenters. The van der Waals surface area contributed by atoms with E-state index >= 15 is 0 Å². The highest BCUT2D eigenvalue weighted by Crippen LogP contribution is 2.33. The van der Waals surface area contributed by atoms with E-state index in [1.54, 1.807) is 31.3 Å².